The molecular formula is C24H27N3S+2. The van der Waals surface area contributed by atoms with Crippen LogP contribution in [0.3, 0.4) is 0 Å². The lowest BCUT2D eigenvalue weighted by Crippen LogP contribution is -3.13. The minimum atomic E-state index is 1.09. The highest BCUT2D eigenvalue weighted by molar-refractivity contribution is 7.08. The number of rotatable bonds is 5. The van der Waals surface area contributed by atoms with E-state index in [1.165, 1.54) is 72.1 Å². The van der Waals surface area contributed by atoms with E-state index in [0.29, 0.717) is 0 Å². The Morgan fingerprint density at radius 2 is 1.82 bits per heavy atom. The summed E-state index contributed by atoms with van der Waals surface area (Å²) in [7, 11) is 0. The van der Waals surface area contributed by atoms with Gasteiger partial charge in [0.1, 0.15) is 0 Å². The molecule has 28 heavy (non-hydrogen) atoms. The molecule has 1 aliphatic rings. The second kappa shape index (κ2) is 7.90. The summed E-state index contributed by atoms with van der Waals surface area (Å²) in [5, 5.41) is 5.68. The van der Waals surface area contributed by atoms with Gasteiger partial charge in [0.25, 0.3) is 0 Å². The summed E-state index contributed by atoms with van der Waals surface area (Å²) < 4.78 is 2.46. The Bertz CT molecular complexity index is 1060. The van der Waals surface area contributed by atoms with Crippen LogP contribution in [-0.2, 0) is 6.54 Å². The molecule has 0 bridgehead atoms. The molecule has 1 aliphatic heterocycles. The maximum atomic E-state index is 3.37. The summed E-state index contributed by atoms with van der Waals surface area (Å²) in [6.07, 6.45) is 10.8. The predicted molar refractivity (Wildman–Crippen MR) is 117 cm³/mol. The van der Waals surface area contributed by atoms with Crippen molar-refractivity contribution in [2.24, 2.45) is 0 Å². The first kappa shape index (κ1) is 17.7. The molecule has 0 radical (unpaired) electrons. The second-order valence-electron chi connectivity index (χ2n) is 7.84. The van der Waals surface area contributed by atoms with Crippen molar-refractivity contribution in [1.29, 1.82) is 0 Å². The predicted octanol–water partition coefficient (Wildman–Crippen LogP) is 3.92. The van der Waals surface area contributed by atoms with Crippen molar-refractivity contribution in [3.8, 4) is 22.3 Å². The number of aromatic nitrogens is 2. The average Bonchev–Trinajstić information content (AvgIpc) is 3.42. The Kier molecular flexibility index (Phi) is 4.98. The normalized spacial score (nSPS) is 15.3. The van der Waals surface area contributed by atoms with Crippen LogP contribution >= 0.6 is 11.3 Å². The van der Waals surface area contributed by atoms with Gasteiger partial charge < -0.3 is 9.47 Å². The van der Waals surface area contributed by atoms with Crippen LogP contribution in [0.4, 0.5) is 0 Å². The van der Waals surface area contributed by atoms with Crippen molar-refractivity contribution >= 4 is 22.2 Å². The molecule has 0 saturated carbocycles. The van der Waals surface area contributed by atoms with E-state index in [1.807, 2.05) is 0 Å². The topological polar surface area (TPSA) is 23.5 Å². The zero-order valence-electron chi connectivity index (χ0n) is 16.2. The van der Waals surface area contributed by atoms with E-state index >= 15 is 0 Å². The molecule has 4 heterocycles. The number of para-hydroxylation sites is 1. The molecule has 0 amide bonds. The quantitative estimate of drug-likeness (QED) is 0.535. The van der Waals surface area contributed by atoms with Crippen LogP contribution < -0.4 is 9.88 Å². The number of benzene rings is 1. The van der Waals surface area contributed by atoms with E-state index in [1.54, 1.807) is 16.2 Å². The summed E-state index contributed by atoms with van der Waals surface area (Å²) >= 11 is 1.74. The van der Waals surface area contributed by atoms with Crippen LogP contribution in [0.5, 0.6) is 0 Å². The molecular weight excluding hydrogens is 362 g/mol. The van der Waals surface area contributed by atoms with Crippen molar-refractivity contribution in [2.45, 2.75) is 25.8 Å². The van der Waals surface area contributed by atoms with Gasteiger partial charge in [-0.1, -0.05) is 18.2 Å². The van der Waals surface area contributed by atoms with Gasteiger partial charge in [-0.3, -0.25) is 0 Å². The molecule has 0 aliphatic carbocycles. The standard InChI is InChI=1S/C24H25N3S/c1-4-9-26(10-5-1)11-12-27-17-23(22-6-2-3-7-24(22)27)21-14-20(15-25-16-21)19-8-13-28-18-19/h2-3,6-8,13-18H,1,4-5,9-12H2/p+2. The minimum Gasteiger partial charge on any atom is -0.341 e. The van der Waals surface area contributed by atoms with E-state index in [9.17, 15) is 0 Å². The highest BCUT2D eigenvalue weighted by Crippen LogP contribution is 2.32. The molecule has 3 nitrogen and oxygen atoms in total. The van der Waals surface area contributed by atoms with Crippen LogP contribution in [0, 0.1) is 0 Å². The Balaban J connectivity index is 1.49. The lowest BCUT2D eigenvalue weighted by Gasteiger charge is -2.23. The highest BCUT2D eigenvalue weighted by Gasteiger charge is 2.16. The van der Waals surface area contributed by atoms with Crippen molar-refractivity contribution in [3.63, 3.8) is 0 Å². The maximum Gasteiger partial charge on any atom is 0.174 e. The largest absolute Gasteiger partial charge is 0.341 e. The first-order valence-electron chi connectivity index (χ1n) is 10.3. The molecule has 142 valence electrons. The first-order chi connectivity index (χ1) is 13.9. The van der Waals surface area contributed by atoms with Crippen molar-refractivity contribution in [3.05, 3.63) is 65.7 Å². The number of nitrogens with zero attached hydrogens (tertiary/aromatic N) is 1. The third-order valence-electron chi connectivity index (χ3n) is 6.01. The lowest BCUT2D eigenvalue weighted by molar-refractivity contribution is -0.905. The molecule has 0 atom stereocenters. The Morgan fingerprint density at radius 3 is 2.68 bits per heavy atom. The Labute approximate surface area is 170 Å². The molecule has 1 fully saturated rings. The third-order valence-corrected chi connectivity index (χ3v) is 6.69. The molecule has 4 aromatic rings. The molecule has 1 saturated heterocycles. The molecule has 2 N–H and O–H groups in total. The van der Waals surface area contributed by atoms with Gasteiger partial charge in [-0.05, 0) is 53.8 Å². The number of fused-ring (bicyclic) bond motifs is 1. The van der Waals surface area contributed by atoms with Gasteiger partial charge in [0, 0.05) is 33.8 Å². The monoisotopic (exact) mass is 389 g/mol. The summed E-state index contributed by atoms with van der Waals surface area (Å²) in [5.74, 6) is 0. The molecule has 1 aromatic carbocycles. The van der Waals surface area contributed by atoms with Crippen LogP contribution in [0.15, 0.2) is 65.7 Å². The molecule has 5 rings (SSSR count). The van der Waals surface area contributed by atoms with Crippen LogP contribution in [-0.4, -0.2) is 24.2 Å². The van der Waals surface area contributed by atoms with Crippen LogP contribution in [0.2, 0.25) is 0 Å². The first-order valence-corrected chi connectivity index (χ1v) is 11.3. The third kappa shape index (κ3) is 3.50. The fourth-order valence-corrected chi connectivity index (χ4v) is 5.13. The number of pyridine rings is 1. The Morgan fingerprint density at radius 1 is 0.964 bits per heavy atom. The van der Waals surface area contributed by atoms with E-state index < -0.39 is 0 Å². The molecule has 4 heteroatoms. The van der Waals surface area contributed by atoms with Gasteiger partial charge >= 0.3 is 0 Å². The van der Waals surface area contributed by atoms with E-state index in [2.05, 4.69) is 75.3 Å². The number of hydrogen-bond acceptors (Lipinski definition) is 1. The number of likely N-dealkylation sites (tertiary alicyclic amines) is 1. The molecule has 0 spiro atoms. The summed E-state index contributed by atoms with van der Waals surface area (Å²) in [6.45, 7) is 4.98. The van der Waals surface area contributed by atoms with Crippen molar-refractivity contribution < 1.29 is 9.88 Å². The van der Waals surface area contributed by atoms with Crippen molar-refractivity contribution in [1.82, 2.24) is 4.57 Å². The van der Waals surface area contributed by atoms with E-state index in [-0.39, 0.29) is 0 Å². The summed E-state index contributed by atoms with van der Waals surface area (Å²) in [5.41, 5.74) is 6.44. The summed E-state index contributed by atoms with van der Waals surface area (Å²) in [4.78, 5) is 5.13. The zero-order chi connectivity index (χ0) is 18.8. The number of nitrogens with one attached hydrogen (secondary N) is 2. The van der Waals surface area contributed by atoms with Crippen molar-refractivity contribution in [2.75, 3.05) is 19.6 Å². The van der Waals surface area contributed by atoms with Gasteiger partial charge in [0.15, 0.2) is 12.4 Å². The van der Waals surface area contributed by atoms with Gasteiger partial charge in [0.05, 0.1) is 26.2 Å². The van der Waals surface area contributed by atoms with Crippen LogP contribution in [0.25, 0.3) is 33.2 Å². The second-order valence-corrected chi connectivity index (χ2v) is 8.62. The fraction of sp³-hybridized carbons (Fsp3) is 0.292. The number of thiophene rings is 1. The number of aromatic amines is 1. The number of quaternary nitrogens is 1. The molecule has 0 unspecified atom stereocenters. The smallest absolute Gasteiger partial charge is 0.174 e. The number of hydrogen-bond donors (Lipinski definition) is 1. The number of piperidine rings is 1. The SMILES string of the molecule is c1ccc2c(c1)c(-c1c[nH+]cc(-c3ccsc3)c1)cn2CC[NH+]1CCCCC1. The van der Waals surface area contributed by atoms with E-state index in [0.717, 1.165) is 6.54 Å². The van der Waals surface area contributed by atoms with Gasteiger partial charge in [0.2, 0.25) is 0 Å². The summed E-state index contributed by atoms with van der Waals surface area (Å²) in [6, 6.07) is 13.3. The average molecular weight is 390 g/mol. The minimum absolute atomic E-state index is 1.09. The zero-order valence-corrected chi connectivity index (χ0v) is 17.0. The van der Waals surface area contributed by atoms with Crippen LogP contribution in [0.1, 0.15) is 19.3 Å². The number of H-pyrrole nitrogens is 1. The van der Waals surface area contributed by atoms with E-state index in [4.69, 9.17) is 0 Å². The Hall–Kier alpha value is -2.43. The molecule has 3 aromatic heterocycles. The van der Waals surface area contributed by atoms with Gasteiger partial charge in [-0.15, -0.1) is 0 Å². The maximum absolute atomic E-state index is 3.37. The highest BCUT2D eigenvalue weighted by atomic mass is 32.1. The lowest BCUT2D eigenvalue weighted by atomic mass is 10.0. The van der Waals surface area contributed by atoms with Gasteiger partial charge in [-0.25, -0.2) is 4.98 Å². The van der Waals surface area contributed by atoms with Gasteiger partial charge in [-0.2, -0.15) is 11.3 Å². The fourth-order valence-electron chi connectivity index (χ4n) is 4.47.